The molecule has 2 N–H and O–H groups in total. The van der Waals surface area contributed by atoms with E-state index in [0.29, 0.717) is 16.7 Å². The normalized spacial score (nSPS) is 11.6. The molecule has 3 aromatic carbocycles. The van der Waals surface area contributed by atoms with Gasteiger partial charge < -0.3 is 5.73 Å². The van der Waals surface area contributed by atoms with Gasteiger partial charge >= 0.3 is 0 Å². The summed E-state index contributed by atoms with van der Waals surface area (Å²) < 4.78 is 52.5. The van der Waals surface area contributed by atoms with Crippen LogP contribution in [-0.4, -0.2) is 24.5 Å². The summed E-state index contributed by atoms with van der Waals surface area (Å²) in [6.45, 7) is -0.0785. The summed E-state index contributed by atoms with van der Waals surface area (Å²) in [4.78, 5) is 13.7. The fourth-order valence-electron chi connectivity index (χ4n) is 3.52. The van der Waals surface area contributed by atoms with Crippen molar-refractivity contribution in [1.29, 1.82) is 0 Å². The molecule has 0 amide bonds. The van der Waals surface area contributed by atoms with Crippen LogP contribution in [0.3, 0.4) is 0 Å². The number of halogens is 3. The van der Waals surface area contributed by atoms with Crippen LogP contribution >= 0.6 is 11.6 Å². The van der Waals surface area contributed by atoms with Crippen LogP contribution in [0.25, 0.3) is 27.9 Å². The minimum atomic E-state index is -3.42. The van der Waals surface area contributed by atoms with Gasteiger partial charge in [0.1, 0.15) is 11.6 Å². The van der Waals surface area contributed by atoms with E-state index in [-0.39, 0.29) is 33.3 Å². The van der Waals surface area contributed by atoms with Crippen molar-refractivity contribution < 1.29 is 17.2 Å². The lowest BCUT2D eigenvalue weighted by atomic mass is 9.96. The van der Waals surface area contributed by atoms with Crippen LogP contribution in [-0.2, 0) is 16.4 Å². The third kappa shape index (κ3) is 4.50. The molecule has 0 fully saturated rings. The first-order chi connectivity index (χ1) is 16.1. The fraction of sp³-hybridized carbons (Fsp3) is 0.0833. The van der Waals surface area contributed by atoms with Gasteiger partial charge in [0, 0.05) is 23.9 Å². The van der Waals surface area contributed by atoms with E-state index >= 15 is 0 Å². The Bertz CT molecular complexity index is 1570. The average Bonchev–Trinajstić information content (AvgIpc) is 2.81. The molecule has 1 aromatic heterocycles. The largest absolute Gasteiger partial charge is 0.326 e. The third-order valence-corrected chi connectivity index (χ3v) is 6.69. The lowest BCUT2D eigenvalue weighted by Gasteiger charge is -2.14. The highest BCUT2D eigenvalue weighted by atomic mass is 35.5. The molecule has 0 aliphatic heterocycles. The van der Waals surface area contributed by atoms with Gasteiger partial charge in [0.25, 0.3) is 5.56 Å². The van der Waals surface area contributed by atoms with Crippen molar-refractivity contribution in [1.82, 2.24) is 9.78 Å². The van der Waals surface area contributed by atoms with Crippen molar-refractivity contribution in [2.45, 2.75) is 11.4 Å². The zero-order valence-electron chi connectivity index (χ0n) is 17.8. The highest BCUT2D eigenvalue weighted by Gasteiger charge is 2.18. The van der Waals surface area contributed by atoms with Crippen LogP contribution in [0, 0.1) is 11.6 Å². The molecule has 0 bridgehead atoms. The Morgan fingerprint density at radius 1 is 0.971 bits per heavy atom. The Labute approximate surface area is 199 Å². The molecule has 4 rings (SSSR count). The number of nitrogens with two attached hydrogens (primary N) is 1. The molecule has 34 heavy (non-hydrogen) atoms. The summed E-state index contributed by atoms with van der Waals surface area (Å²) in [5.41, 5.74) is 7.01. The zero-order valence-corrected chi connectivity index (χ0v) is 19.4. The van der Waals surface area contributed by atoms with Gasteiger partial charge in [0.2, 0.25) is 0 Å². The van der Waals surface area contributed by atoms with Gasteiger partial charge in [0.15, 0.2) is 9.84 Å². The Morgan fingerprint density at radius 3 is 2.24 bits per heavy atom. The van der Waals surface area contributed by atoms with E-state index < -0.39 is 27.0 Å². The van der Waals surface area contributed by atoms with Gasteiger partial charge in [-0.25, -0.2) is 17.2 Å². The zero-order chi connectivity index (χ0) is 24.6. The molecular weight excluding hydrogens is 484 g/mol. The third-order valence-electron chi connectivity index (χ3n) is 5.27. The molecule has 4 aromatic rings. The molecule has 0 saturated heterocycles. The minimum Gasteiger partial charge on any atom is -0.326 e. The molecule has 0 aliphatic rings. The molecule has 0 atom stereocenters. The first kappa shape index (κ1) is 23.7. The van der Waals surface area contributed by atoms with Gasteiger partial charge in [0.05, 0.1) is 27.4 Å². The van der Waals surface area contributed by atoms with Crippen molar-refractivity contribution in [2.24, 2.45) is 5.73 Å². The van der Waals surface area contributed by atoms with Crippen LogP contribution in [0.4, 0.5) is 8.78 Å². The first-order valence-corrected chi connectivity index (χ1v) is 12.2. The second-order valence-electron chi connectivity index (χ2n) is 7.56. The van der Waals surface area contributed by atoms with Crippen LogP contribution in [0.1, 0.15) is 5.56 Å². The summed E-state index contributed by atoms with van der Waals surface area (Å²) in [7, 11) is -3.42. The van der Waals surface area contributed by atoms with E-state index in [4.69, 9.17) is 17.3 Å². The number of rotatable bonds is 5. The number of sulfone groups is 1. The van der Waals surface area contributed by atoms with Crippen molar-refractivity contribution in [3.05, 3.63) is 99.4 Å². The predicted octanol–water partition coefficient (Wildman–Crippen LogP) is 4.36. The molecule has 0 saturated carbocycles. The van der Waals surface area contributed by atoms with Crippen LogP contribution in [0.15, 0.2) is 76.6 Å². The highest BCUT2D eigenvalue weighted by molar-refractivity contribution is 7.90. The van der Waals surface area contributed by atoms with Crippen LogP contribution in [0.2, 0.25) is 5.02 Å². The average molecular weight is 502 g/mol. The second-order valence-corrected chi connectivity index (χ2v) is 9.98. The smallest absolute Gasteiger partial charge is 0.280 e. The lowest BCUT2D eigenvalue weighted by molar-refractivity contribution is 0.602. The van der Waals surface area contributed by atoms with Crippen molar-refractivity contribution in [3.8, 4) is 27.9 Å². The highest BCUT2D eigenvalue weighted by Crippen LogP contribution is 2.31. The molecule has 174 valence electrons. The Balaban J connectivity index is 1.99. The molecule has 1 heterocycles. The number of hydrogen-bond acceptors (Lipinski definition) is 5. The Hall–Kier alpha value is -3.40. The van der Waals surface area contributed by atoms with Gasteiger partial charge in [-0.1, -0.05) is 29.8 Å². The maximum atomic E-state index is 14.1. The maximum absolute atomic E-state index is 14.1. The summed E-state index contributed by atoms with van der Waals surface area (Å²) in [5.74, 6) is -1.16. The minimum absolute atomic E-state index is 0.0785. The van der Waals surface area contributed by atoms with Gasteiger partial charge in [-0.05, 0) is 53.6 Å². The van der Waals surface area contributed by atoms with E-state index in [1.54, 1.807) is 12.1 Å². The first-order valence-electron chi connectivity index (χ1n) is 9.97. The lowest BCUT2D eigenvalue weighted by Crippen LogP contribution is -2.23. The van der Waals surface area contributed by atoms with E-state index in [1.807, 2.05) is 0 Å². The molecule has 6 nitrogen and oxygen atoms in total. The fourth-order valence-corrected chi connectivity index (χ4v) is 4.33. The quantitative estimate of drug-likeness (QED) is 0.438. The van der Waals surface area contributed by atoms with Gasteiger partial charge in [-0.3, -0.25) is 4.79 Å². The van der Waals surface area contributed by atoms with Gasteiger partial charge in [-0.2, -0.15) is 9.78 Å². The Kier molecular flexibility index (Phi) is 6.35. The number of aromatic nitrogens is 2. The SMILES string of the molecule is CS(=O)(=O)c1ccc(-c2cnn(-c3ccc(F)c(Cl)c3)c(=O)c2-c2ccc(F)c(CN)c2)cc1. The molecule has 0 radical (unpaired) electrons. The number of nitrogens with zero attached hydrogens (tertiary/aromatic N) is 2. The summed E-state index contributed by atoms with van der Waals surface area (Å²) in [6, 6.07) is 13.9. The van der Waals surface area contributed by atoms with E-state index in [2.05, 4.69) is 5.10 Å². The summed E-state index contributed by atoms with van der Waals surface area (Å²) >= 11 is 5.89. The van der Waals surface area contributed by atoms with Crippen LogP contribution < -0.4 is 11.3 Å². The predicted molar refractivity (Wildman–Crippen MR) is 127 cm³/mol. The van der Waals surface area contributed by atoms with Gasteiger partial charge in [-0.15, -0.1) is 0 Å². The Morgan fingerprint density at radius 2 is 1.62 bits per heavy atom. The van der Waals surface area contributed by atoms with E-state index in [0.717, 1.165) is 17.0 Å². The summed E-state index contributed by atoms with van der Waals surface area (Å²) in [6.07, 6.45) is 2.52. The topological polar surface area (TPSA) is 95.0 Å². The molecule has 0 spiro atoms. The molecule has 10 heteroatoms. The van der Waals surface area contributed by atoms with Crippen molar-refractivity contribution in [2.75, 3.05) is 6.26 Å². The van der Waals surface area contributed by atoms with Crippen molar-refractivity contribution >= 4 is 21.4 Å². The van der Waals surface area contributed by atoms with Crippen molar-refractivity contribution in [3.63, 3.8) is 0 Å². The second kappa shape index (κ2) is 9.09. The number of benzene rings is 3. The van der Waals surface area contributed by atoms with E-state index in [1.165, 1.54) is 48.7 Å². The molecule has 0 aliphatic carbocycles. The molecular formula is C24H18ClF2N3O3S. The summed E-state index contributed by atoms with van der Waals surface area (Å²) in [5, 5.41) is 4.04. The number of hydrogen-bond donors (Lipinski definition) is 1. The maximum Gasteiger partial charge on any atom is 0.280 e. The standard InChI is InChI=1S/C24H18ClF2N3O3S/c1-34(32,33)18-6-2-14(3-7-18)19-13-29-30(17-5-9-22(27)20(25)11-17)24(31)23(19)15-4-8-21(26)16(10-15)12-28/h2-11,13H,12,28H2,1H3. The van der Waals surface area contributed by atoms with Crippen LogP contribution in [0.5, 0.6) is 0 Å². The molecule has 0 unspecified atom stereocenters. The monoisotopic (exact) mass is 501 g/mol. The van der Waals surface area contributed by atoms with E-state index in [9.17, 15) is 22.0 Å².